The zero-order valence-electron chi connectivity index (χ0n) is 10.9. The molecule has 5 nitrogen and oxygen atoms in total. The average Bonchev–Trinajstić information content (AvgIpc) is 2.89. The van der Waals surface area contributed by atoms with Gasteiger partial charge in [0.25, 0.3) is 0 Å². The second kappa shape index (κ2) is 4.31. The highest BCUT2D eigenvalue weighted by molar-refractivity contribution is 5.72. The fourth-order valence-electron chi connectivity index (χ4n) is 2.74. The molecule has 100 valence electrons. The quantitative estimate of drug-likeness (QED) is 0.628. The van der Waals surface area contributed by atoms with E-state index in [0.29, 0.717) is 11.5 Å². The van der Waals surface area contributed by atoms with Crippen molar-refractivity contribution in [1.82, 2.24) is 20.3 Å². The third-order valence-corrected chi connectivity index (χ3v) is 3.80. The molecule has 2 aromatic heterocycles. The molecule has 1 aliphatic heterocycles. The fourth-order valence-corrected chi connectivity index (χ4v) is 2.74. The summed E-state index contributed by atoms with van der Waals surface area (Å²) in [5, 5.41) is 3.51. The van der Waals surface area contributed by atoms with E-state index in [2.05, 4.69) is 44.5 Å². The Hall–Kier alpha value is -2.40. The summed E-state index contributed by atoms with van der Waals surface area (Å²) in [5.41, 5.74) is 10.0. The number of anilines is 1. The van der Waals surface area contributed by atoms with Gasteiger partial charge in [-0.1, -0.05) is 24.3 Å². The van der Waals surface area contributed by atoms with Gasteiger partial charge in [0.1, 0.15) is 11.6 Å². The molecule has 4 N–H and O–H groups in total. The van der Waals surface area contributed by atoms with Crippen molar-refractivity contribution in [3.8, 4) is 0 Å². The van der Waals surface area contributed by atoms with E-state index in [1.165, 1.54) is 11.1 Å². The van der Waals surface area contributed by atoms with Crippen LogP contribution in [0.4, 0.5) is 5.82 Å². The van der Waals surface area contributed by atoms with Crippen LogP contribution in [-0.4, -0.2) is 15.0 Å². The molecule has 0 bridgehead atoms. The van der Waals surface area contributed by atoms with Crippen molar-refractivity contribution in [2.75, 3.05) is 5.73 Å². The SMILES string of the molecule is Nc1ccc2[nH]c(C3Cc4ccccc4CN3)nc2n1. The molecule has 1 aliphatic rings. The summed E-state index contributed by atoms with van der Waals surface area (Å²) in [5.74, 6) is 1.42. The Kier molecular flexibility index (Phi) is 2.47. The molecular weight excluding hydrogens is 250 g/mol. The van der Waals surface area contributed by atoms with Gasteiger partial charge < -0.3 is 16.0 Å². The molecule has 0 radical (unpaired) electrons. The highest BCUT2D eigenvalue weighted by Crippen LogP contribution is 2.25. The van der Waals surface area contributed by atoms with Crippen molar-refractivity contribution in [2.45, 2.75) is 19.0 Å². The zero-order chi connectivity index (χ0) is 13.5. The maximum atomic E-state index is 5.69. The number of hydrogen-bond donors (Lipinski definition) is 3. The molecule has 0 saturated carbocycles. The number of benzene rings is 1. The van der Waals surface area contributed by atoms with Gasteiger partial charge >= 0.3 is 0 Å². The predicted octanol–water partition coefficient (Wildman–Crippen LogP) is 1.93. The van der Waals surface area contributed by atoms with Crippen LogP contribution in [0, 0.1) is 0 Å². The van der Waals surface area contributed by atoms with Crippen LogP contribution in [0.1, 0.15) is 23.0 Å². The number of aromatic amines is 1. The van der Waals surface area contributed by atoms with Crippen LogP contribution in [0.15, 0.2) is 36.4 Å². The molecule has 5 heteroatoms. The lowest BCUT2D eigenvalue weighted by atomic mass is 9.96. The Labute approximate surface area is 116 Å². The van der Waals surface area contributed by atoms with Crippen LogP contribution in [0.2, 0.25) is 0 Å². The number of nitrogen functional groups attached to an aromatic ring is 1. The summed E-state index contributed by atoms with van der Waals surface area (Å²) in [4.78, 5) is 12.1. The molecule has 1 aromatic carbocycles. The number of nitrogens with zero attached hydrogens (tertiary/aromatic N) is 2. The van der Waals surface area contributed by atoms with E-state index >= 15 is 0 Å². The number of aromatic nitrogens is 3. The van der Waals surface area contributed by atoms with Crippen molar-refractivity contribution in [1.29, 1.82) is 0 Å². The maximum absolute atomic E-state index is 5.69. The van der Waals surface area contributed by atoms with Crippen molar-refractivity contribution in [3.05, 3.63) is 53.3 Å². The molecule has 0 fully saturated rings. The van der Waals surface area contributed by atoms with Gasteiger partial charge in [0.2, 0.25) is 0 Å². The average molecular weight is 265 g/mol. The highest BCUT2D eigenvalue weighted by Gasteiger charge is 2.21. The van der Waals surface area contributed by atoms with Gasteiger partial charge in [0.15, 0.2) is 5.65 Å². The number of nitrogens with one attached hydrogen (secondary N) is 2. The lowest BCUT2D eigenvalue weighted by Crippen LogP contribution is -2.29. The van der Waals surface area contributed by atoms with Crippen LogP contribution < -0.4 is 11.1 Å². The molecular formula is C15H15N5. The van der Waals surface area contributed by atoms with Crippen LogP contribution in [0.3, 0.4) is 0 Å². The normalized spacial score (nSPS) is 18.1. The first kappa shape index (κ1) is 11.4. The number of imidazole rings is 1. The van der Waals surface area contributed by atoms with Gasteiger partial charge in [-0.25, -0.2) is 9.97 Å². The summed E-state index contributed by atoms with van der Waals surface area (Å²) in [7, 11) is 0. The third kappa shape index (κ3) is 1.83. The smallest absolute Gasteiger partial charge is 0.179 e. The van der Waals surface area contributed by atoms with Crippen molar-refractivity contribution in [2.24, 2.45) is 0 Å². The molecule has 1 unspecified atom stereocenters. The topological polar surface area (TPSA) is 79.6 Å². The van der Waals surface area contributed by atoms with E-state index in [0.717, 1.165) is 24.3 Å². The number of fused-ring (bicyclic) bond motifs is 2. The molecule has 3 heterocycles. The summed E-state index contributed by atoms with van der Waals surface area (Å²) in [6.07, 6.45) is 0.936. The molecule has 3 aromatic rings. The number of H-pyrrole nitrogens is 1. The minimum Gasteiger partial charge on any atom is -0.384 e. The lowest BCUT2D eigenvalue weighted by molar-refractivity contribution is 0.481. The minimum atomic E-state index is 0.195. The fraction of sp³-hybridized carbons (Fsp3) is 0.200. The first-order valence-corrected chi connectivity index (χ1v) is 6.72. The van der Waals surface area contributed by atoms with Crippen LogP contribution in [-0.2, 0) is 13.0 Å². The van der Waals surface area contributed by atoms with Gasteiger partial charge in [-0.05, 0) is 29.7 Å². The first-order valence-electron chi connectivity index (χ1n) is 6.72. The van der Waals surface area contributed by atoms with Crippen LogP contribution >= 0.6 is 0 Å². The molecule has 0 amide bonds. The van der Waals surface area contributed by atoms with Gasteiger partial charge in [0, 0.05) is 6.54 Å². The number of rotatable bonds is 1. The zero-order valence-corrected chi connectivity index (χ0v) is 10.9. The van der Waals surface area contributed by atoms with E-state index in [1.54, 1.807) is 6.07 Å². The van der Waals surface area contributed by atoms with E-state index < -0.39 is 0 Å². The molecule has 4 rings (SSSR count). The number of nitrogens with two attached hydrogens (primary N) is 1. The molecule has 20 heavy (non-hydrogen) atoms. The van der Waals surface area contributed by atoms with Crippen LogP contribution in [0.25, 0.3) is 11.2 Å². The Morgan fingerprint density at radius 2 is 1.90 bits per heavy atom. The Balaban J connectivity index is 1.70. The second-order valence-electron chi connectivity index (χ2n) is 5.14. The molecule has 0 saturated heterocycles. The minimum absolute atomic E-state index is 0.195. The molecule has 0 spiro atoms. The van der Waals surface area contributed by atoms with Crippen LogP contribution in [0.5, 0.6) is 0 Å². The van der Waals surface area contributed by atoms with E-state index in [-0.39, 0.29) is 6.04 Å². The van der Waals surface area contributed by atoms with Gasteiger partial charge in [-0.3, -0.25) is 0 Å². The van der Waals surface area contributed by atoms with Gasteiger partial charge in [-0.15, -0.1) is 0 Å². The monoisotopic (exact) mass is 265 g/mol. The largest absolute Gasteiger partial charge is 0.384 e. The maximum Gasteiger partial charge on any atom is 0.179 e. The predicted molar refractivity (Wildman–Crippen MR) is 78.0 cm³/mol. The lowest BCUT2D eigenvalue weighted by Gasteiger charge is -2.24. The van der Waals surface area contributed by atoms with Gasteiger partial charge in [0.05, 0.1) is 11.6 Å². The highest BCUT2D eigenvalue weighted by atomic mass is 15.1. The Morgan fingerprint density at radius 3 is 2.80 bits per heavy atom. The Morgan fingerprint density at radius 1 is 1.05 bits per heavy atom. The first-order chi connectivity index (χ1) is 9.79. The van der Waals surface area contributed by atoms with E-state index in [1.807, 2.05) is 6.07 Å². The van der Waals surface area contributed by atoms with E-state index in [4.69, 9.17) is 5.73 Å². The molecule has 1 atom stereocenters. The summed E-state index contributed by atoms with van der Waals surface area (Å²) >= 11 is 0. The summed E-state index contributed by atoms with van der Waals surface area (Å²) in [6.45, 7) is 0.869. The van der Waals surface area contributed by atoms with E-state index in [9.17, 15) is 0 Å². The number of hydrogen-bond acceptors (Lipinski definition) is 4. The Bertz CT molecular complexity index is 777. The summed E-state index contributed by atoms with van der Waals surface area (Å²) < 4.78 is 0. The number of pyridine rings is 1. The molecule has 0 aliphatic carbocycles. The van der Waals surface area contributed by atoms with Crippen molar-refractivity contribution >= 4 is 17.0 Å². The van der Waals surface area contributed by atoms with Crippen molar-refractivity contribution in [3.63, 3.8) is 0 Å². The third-order valence-electron chi connectivity index (χ3n) is 3.80. The standard InChI is InChI=1S/C15H15N5/c16-13-6-5-11-14(19-13)20-15(18-11)12-7-9-3-1-2-4-10(9)8-17-12/h1-6,12,17H,7-8H2,(H3,16,18,19,20). The second-order valence-corrected chi connectivity index (χ2v) is 5.14. The summed E-state index contributed by atoms with van der Waals surface area (Å²) in [6, 6.07) is 12.4. The van der Waals surface area contributed by atoms with Crippen molar-refractivity contribution < 1.29 is 0 Å². The van der Waals surface area contributed by atoms with Gasteiger partial charge in [-0.2, -0.15) is 0 Å².